The molecule has 0 aliphatic heterocycles. The van der Waals surface area contributed by atoms with E-state index in [1.54, 1.807) is 0 Å². The van der Waals surface area contributed by atoms with Crippen molar-refractivity contribution in [1.82, 2.24) is 9.73 Å². The monoisotopic (exact) mass is 363 g/mol. The molecule has 0 spiro atoms. The van der Waals surface area contributed by atoms with Crippen molar-refractivity contribution < 1.29 is 23.4 Å². The summed E-state index contributed by atoms with van der Waals surface area (Å²) >= 11 is 0. The van der Waals surface area contributed by atoms with Crippen molar-refractivity contribution >= 4 is 22.1 Å². The third-order valence-corrected chi connectivity index (χ3v) is 5.07. The summed E-state index contributed by atoms with van der Waals surface area (Å²) in [4.78, 5) is 12.1. The lowest BCUT2D eigenvalue weighted by Crippen LogP contribution is -2.23. The lowest BCUT2D eigenvalue weighted by molar-refractivity contribution is 0.0955. The highest BCUT2D eigenvalue weighted by Gasteiger charge is 2.18. The molecule has 0 bridgehead atoms. The Bertz CT molecular complexity index is 923. The Hall–Kier alpha value is -2.91. The maximum Gasteiger partial charge on any atom is 0.271 e. The number of hydrazone groups is 1. The van der Waals surface area contributed by atoms with Crippen molar-refractivity contribution in [2.75, 3.05) is 14.1 Å². The summed E-state index contributed by atoms with van der Waals surface area (Å²) in [6.07, 6.45) is 1.28. The van der Waals surface area contributed by atoms with Crippen LogP contribution in [0.15, 0.2) is 52.5 Å². The van der Waals surface area contributed by atoms with Crippen LogP contribution in [0.5, 0.6) is 11.5 Å². The number of hydrogen-bond acceptors (Lipinski definition) is 6. The van der Waals surface area contributed by atoms with E-state index >= 15 is 0 Å². The molecule has 3 N–H and O–H groups in total. The molecule has 8 nitrogen and oxygen atoms in total. The van der Waals surface area contributed by atoms with Crippen LogP contribution in [0.3, 0.4) is 0 Å². The van der Waals surface area contributed by atoms with Gasteiger partial charge in [0.25, 0.3) is 5.91 Å². The Balaban J connectivity index is 2.13. The second-order valence-corrected chi connectivity index (χ2v) is 7.41. The standard InChI is InChI=1S/C16H17N3O5S/c1-19(2)25(23,24)13-5-3-4-12(9-13)16(22)18-17-10-11-6-7-14(20)15(21)8-11/h3-10,20-21H,1-2H3,(H,18,22)/b17-10+. The first-order valence-electron chi connectivity index (χ1n) is 7.10. The molecule has 0 saturated heterocycles. The quantitative estimate of drug-likeness (QED) is 0.418. The maximum atomic E-state index is 12.1. The number of carbonyl (C=O) groups excluding carboxylic acids is 1. The van der Waals surface area contributed by atoms with Gasteiger partial charge in [0, 0.05) is 19.7 Å². The number of aromatic hydroxyl groups is 2. The minimum atomic E-state index is -3.64. The van der Waals surface area contributed by atoms with Crippen molar-refractivity contribution in [2.45, 2.75) is 4.90 Å². The number of nitrogens with one attached hydrogen (secondary N) is 1. The van der Waals surface area contributed by atoms with Gasteiger partial charge >= 0.3 is 0 Å². The Morgan fingerprint density at radius 2 is 1.84 bits per heavy atom. The summed E-state index contributed by atoms with van der Waals surface area (Å²) in [5.41, 5.74) is 2.86. The number of phenolic OH excluding ortho intramolecular Hbond substituents is 2. The van der Waals surface area contributed by atoms with Gasteiger partial charge in [0.15, 0.2) is 11.5 Å². The molecule has 0 unspecified atom stereocenters. The van der Waals surface area contributed by atoms with Crippen molar-refractivity contribution in [1.29, 1.82) is 0 Å². The van der Waals surface area contributed by atoms with E-state index in [-0.39, 0.29) is 22.0 Å². The zero-order chi connectivity index (χ0) is 18.6. The second-order valence-electron chi connectivity index (χ2n) is 5.26. The number of rotatable bonds is 5. The van der Waals surface area contributed by atoms with E-state index in [1.807, 2.05) is 0 Å². The zero-order valence-corrected chi connectivity index (χ0v) is 14.4. The van der Waals surface area contributed by atoms with Crippen molar-refractivity contribution in [2.24, 2.45) is 5.10 Å². The molecule has 132 valence electrons. The van der Waals surface area contributed by atoms with Gasteiger partial charge in [0.05, 0.1) is 11.1 Å². The van der Waals surface area contributed by atoms with Gasteiger partial charge in [-0.2, -0.15) is 5.10 Å². The molecule has 0 aromatic heterocycles. The van der Waals surface area contributed by atoms with Crippen LogP contribution in [0.1, 0.15) is 15.9 Å². The summed E-state index contributed by atoms with van der Waals surface area (Å²) in [6.45, 7) is 0. The lowest BCUT2D eigenvalue weighted by Gasteiger charge is -2.11. The van der Waals surface area contributed by atoms with Gasteiger partial charge in [-0.15, -0.1) is 0 Å². The SMILES string of the molecule is CN(C)S(=O)(=O)c1cccc(C(=O)N/N=C/c2ccc(O)c(O)c2)c1. The predicted octanol–water partition coefficient (Wildman–Crippen LogP) is 1.11. The van der Waals surface area contributed by atoms with Crippen molar-refractivity contribution in [3.05, 3.63) is 53.6 Å². The number of carbonyl (C=O) groups is 1. The van der Waals surface area contributed by atoms with E-state index in [1.165, 1.54) is 62.8 Å². The smallest absolute Gasteiger partial charge is 0.271 e. The van der Waals surface area contributed by atoms with Crippen LogP contribution < -0.4 is 5.43 Å². The topological polar surface area (TPSA) is 119 Å². The summed E-state index contributed by atoms with van der Waals surface area (Å²) < 4.78 is 25.2. The zero-order valence-electron chi connectivity index (χ0n) is 13.5. The first kappa shape index (κ1) is 18.4. The molecule has 0 fully saturated rings. The molecule has 2 aromatic carbocycles. The highest BCUT2D eigenvalue weighted by atomic mass is 32.2. The number of amides is 1. The van der Waals surface area contributed by atoms with E-state index in [9.17, 15) is 23.4 Å². The molecule has 0 radical (unpaired) electrons. The molecule has 0 saturated carbocycles. The van der Waals surface area contributed by atoms with Gasteiger partial charge in [-0.3, -0.25) is 4.79 Å². The average Bonchev–Trinajstić information content (AvgIpc) is 2.58. The first-order valence-corrected chi connectivity index (χ1v) is 8.54. The lowest BCUT2D eigenvalue weighted by atomic mass is 10.2. The minimum Gasteiger partial charge on any atom is -0.504 e. The molecule has 1 amide bonds. The molecule has 25 heavy (non-hydrogen) atoms. The van der Waals surface area contributed by atoms with Crippen LogP contribution in [-0.4, -0.2) is 49.2 Å². The van der Waals surface area contributed by atoms with Crippen LogP contribution >= 0.6 is 0 Å². The number of phenols is 2. The van der Waals surface area contributed by atoms with Gasteiger partial charge in [0.1, 0.15) is 0 Å². The molecule has 2 rings (SSSR count). The molecular weight excluding hydrogens is 346 g/mol. The fourth-order valence-electron chi connectivity index (χ4n) is 1.86. The summed E-state index contributed by atoms with van der Waals surface area (Å²) in [6, 6.07) is 9.64. The van der Waals surface area contributed by atoms with Gasteiger partial charge in [-0.25, -0.2) is 18.1 Å². The van der Waals surface area contributed by atoms with Crippen molar-refractivity contribution in [3.63, 3.8) is 0 Å². The van der Waals surface area contributed by atoms with Crippen LogP contribution in [-0.2, 0) is 10.0 Å². The maximum absolute atomic E-state index is 12.1. The summed E-state index contributed by atoms with van der Waals surface area (Å²) in [5, 5.41) is 22.3. The van der Waals surface area contributed by atoms with Crippen LogP contribution in [0.4, 0.5) is 0 Å². The number of nitrogens with zero attached hydrogens (tertiary/aromatic N) is 2. The normalized spacial score (nSPS) is 11.8. The molecular formula is C16H17N3O5S. The van der Waals surface area contributed by atoms with Crippen LogP contribution in [0, 0.1) is 0 Å². The summed E-state index contributed by atoms with van der Waals surface area (Å²) in [7, 11) is -0.837. The fraction of sp³-hybridized carbons (Fsp3) is 0.125. The fourth-order valence-corrected chi connectivity index (χ4v) is 2.81. The largest absolute Gasteiger partial charge is 0.504 e. The van der Waals surface area contributed by atoms with E-state index < -0.39 is 15.9 Å². The number of hydrogen-bond donors (Lipinski definition) is 3. The van der Waals surface area contributed by atoms with Gasteiger partial charge in [0.2, 0.25) is 10.0 Å². The van der Waals surface area contributed by atoms with E-state index in [0.717, 1.165) is 4.31 Å². The highest BCUT2D eigenvalue weighted by molar-refractivity contribution is 7.89. The third-order valence-electron chi connectivity index (χ3n) is 3.25. The van der Waals surface area contributed by atoms with Crippen LogP contribution in [0.25, 0.3) is 0 Å². The minimum absolute atomic E-state index is 0.00223. The molecule has 0 atom stereocenters. The molecule has 2 aromatic rings. The Labute approximate surface area is 145 Å². The van der Waals surface area contributed by atoms with Gasteiger partial charge in [-0.1, -0.05) is 6.07 Å². The first-order chi connectivity index (χ1) is 11.7. The third kappa shape index (κ3) is 4.34. The highest BCUT2D eigenvalue weighted by Crippen LogP contribution is 2.24. The summed E-state index contributed by atoms with van der Waals surface area (Å²) in [5.74, 6) is -1.16. The molecule has 9 heteroatoms. The Kier molecular flexibility index (Phi) is 5.40. The Morgan fingerprint density at radius 1 is 1.12 bits per heavy atom. The van der Waals surface area contributed by atoms with Gasteiger partial charge < -0.3 is 10.2 Å². The second kappa shape index (κ2) is 7.32. The Morgan fingerprint density at radius 3 is 2.48 bits per heavy atom. The van der Waals surface area contributed by atoms with Crippen LogP contribution in [0.2, 0.25) is 0 Å². The number of sulfonamides is 1. The average molecular weight is 363 g/mol. The van der Waals surface area contributed by atoms with Crippen molar-refractivity contribution in [3.8, 4) is 11.5 Å². The van der Waals surface area contributed by atoms with E-state index in [0.29, 0.717) is 5.56 Å². The van der Waals surface area contributed by atoms with Gasteiger partial charge in [-0.05, 0) is 42.0 Å². The van der Waals surface area contributed by atoms with E-state index in [4.69, 9.17) is 0 Å². The van der Waals surface area contributed by atoms with E-state index in [2.05, 4.69) is 10.5 Å². The molecule has 0 aliphatic rings. The number of benzene rings is 2. The molecule has 0 heterocycles. The predicted molar refractivity (Wildman–Crippen MR) is 92.1 cm³/mol. The molecule has 0 aliphatic carbocycles.